The molecule has 0 spiro atoms. The van der Waals surface area contributed by atoms with Gasteiger partial charge in [-0.25, -0.2) is 4.79 Å². The molecule has 4 nitrogen and oxygen atoms in total. The highest BCUT2D eigenvalue weighted by atomic mass is 35.5. The van der Waals surface area contributed by atoms with Gasteiger partial charge in [0.15, 0.2) is 0 Å². The van der Waals surface area contributed by atoms with E-state index < -0.39 is 5.97 Å². The van der Waals surface area contributed by atoms with Gasteiger partial charge in [-0.15, -0.1) is 0 Å². The second-order valence-corrected chi connectivity index (χ2v) is 7.18. The van der Waals surface area contributed by atoms with E-state index in [4.69, 9.17) is 16.7 Å². The first-order chi connectivity index (χ1) is 11.4. The van der Waals surface area contributed by atoms with Crippen LogP contribution in [0.3, 0.4) is 0 Å². The molecule has 1 aromatic rings. The second kappa shape index (κ2) is 6.44. The Morgan fingerprint density at radius 2 is 2.25 bits per heavy atom. The fourth-order valence-corrected chi connectivity index (χ4v) is 4.05. The fraction of sp³-hybridized carbons (Fsp3) is 0.368. The van der Waals surface area contributed by atoms with Gasteiger partial charge in [0.2, 0.25) is 5.91 Å². The SMILES string of the molecule is CC12CCCC(/C=C/C(=O)O)=C1N(Cc1cccc(Cl)c1)C(=O)C2. The molecule has 1 aromatic carbocycles. The third-order valence-corrected chi connectivity index (χ3v) is 5.05. The van der Waals surface area contributed by atoms with Gasteiger partial charge in [-0.1, -0.05) is 36.7 Å². The molecular weight excluding hydrogens is 326 g/mol. The average Bonchev–Trinajstić information content (AvgIpc) is 2.76. The van der Waals surface area contributed by atoms with Gasteiger partial charge >= 0.3 is 5.97 Å². The zero-order valence-corrected chi connectivity index (χ0v) is 14.3. The van der Waals surface area contributed by atoms with Crippen molar-refractivity contribution < 1.29 is 14.7 Å². The molecular formula is C19H20ClNO3. The summed E-state index contributed by atoms with van der Waals surface area (Å²) in [5.74, 6) is -0.878. The molecule has 1 atom stereocenters. The summed E-state index contributed by atoms with van der Waals surface area (Å²) >= 11 is 6.05. The molecule has 1 aliphatic heterocycles. The molecule has 24 heavy (non-hydrogen) atoms. The van der Waals surface area contributed by atoms with Crippen LogP contribution >= 0.6 is 11.6 Å². The van der Waals surface area contributed by atoms with Crippen LogP contribution in [0.1, 0.15) is 38.2 Å². The average molecular weight is 346 g/mol. The topological polar surface area (TPSA) is 57.6 Å². The Morgan fingerprint density at radius 1 is 1.46 bits per heavy atom. The van der Waals surface area contributed by atoms with E-state index in [1.165, 1.54) is 0 Å². The van der Waals surface area contributed by atoms with Crippen molar-refractivity contribution in [2.45, 2.75) is 39.2 Å². The molecule has 1 unspecified atom stereocenters. The van der Waals surface area contributed by atoms with E-state index in [0.717, 1.165) is 42.2 Å². The highest BCUT2D eigenvalue weighted by Gasteiger charge is 2.46. The summed E-state index contributed by atoms with van der Waals surface area (Å²) in [4.78, 5) is 25.3. The lowest BCUT2D eigenvalue weighted by atomic mass is 9.74. The second-order valence-electron chi connectivity index (χ2n) is 6.75. The zero-order valence-electron chi connectivity index (χ0n) is 13.6. The van der Waals surface area contributed by atoms with E-state index in [-0.39, 0.29) is 11.3 Å². The summed E-state index contributed by atoms with van der Waals surface area (Å²) in [5.41, 5.74) is 2.71. The molecule has 1 heterocycles. The lowest BCUT2D eigenvalue weighted by molar-refractivity contribution is -0.131. The van der Waals surface area contributed by atoms with Crippen molar-refractivity contribution in [1.82, 2.24) is 4.90 Å². The molecule has 1 aliphatic carbocycles. The third-order valence-electron chi connectivity index (χ3n) is 4.82. The third kappa shape index (κ3) is 3.24. The number of hydrogen-bond donors (Lipinski definition) is 1. The van der Waals surface area contributed by atoms with Crippen molar-refractivity contribution in [1.29, 1.82) is 0 Å². The van der Waals surface area contributed by atoms with Crippen molar-refractivity contribution in [2.24, 2.45) is 5.41 Å². The van der Waals surface area contributed by atoms with Gasteiger partial charge < -0.3 is 10.0 Å². The minimum absolute atomic E-state index is 0.0931. The Balaban J connectivity index is 2.00. The van der Waals surface area contributed by atoms with E-state index >= 15 is 0 Å². The van der Waals surface area contributed by atoms with Gasteiger partial charge in [0.25, 0.3) is 0 Å². The summed E-state index contributed by atoms with van der Waals surface area (Å²) in [6, 6.07) is 7.49. The highest BCUT2D eigenvalue weighted by molar-refractivity contribution is 6.30. The number of carbonyl (C=O) groups excluding carboxylic acids is 1. The number of carbonyl (C=O) groups is 2. The Kier molecular flexibility index (Phi) is 4.50. The molecule has 0 aromatic heterocycles. The number of halogens is 1. The Hall–Kier alpha value is -2.07. The monoisotopic (exact) mass is 345 g/mol. The quantitative estimate of drug-likeness (QED) is 0.834. The summed E-state index contributed by atoms with van der Waals surface area (Å²) in [6.45, 7) is 2.57. The van der Waals surface area contributed by atoms with Gasteiger partial charge in [-0.2, -0.15) is 0 Å². The first-order valence-electron chi connectivity index (χ1n) is 8.08. The van der Waals surface area contributed by atoms with Gasteiger partial charge in [-0.05, 0) is 42.5 Å². The van der Waals surface area contributed by atoms with Crippen LogP contribution in [0.5, 0.6) is 0 Å². The predicted octanol–water partition coefficient (Wildman–Crippen LogP) is 4.16. The zero-order chi connectivity index (χ0) is 17.3. The molecule has 1 saturated heterocycles. The number of rotatable bonds is 4. The van der Waals surface area contributed by atoms with Crippen LogP contribution in [0.2, 0.25) is 5.02 Å². The van der Waals surface area contributed by atoms with Crippen molar-refractivity contribution in [3.8, 4) is 0 Å². The van der Waals surface area contributed by atoms with E-state index in [1.807, 2.05) is 29.2 Å². The maximum Gasteiger partial charge on any atom is 0.328 e. The smallest absolute Gasteiger partial charge is 0.328 e. The number of nitrogens with zero attached hydrogens (tertiary/aromatic N) is 1. The van der Waals surface area contributed by atoms with E-state index in [2.05, 4.69) is 6.92 Å². The van der Waals surface area contributed by atoms with Crippen LogP contribution in [-0.2, 0) is 16.1 Å². The molecule has 1 amide bonds. The molecule has 0 bridgehead atoms. The van der Waals surface area contributed by atoms with Gasteiger partial charge in [0.05, 0.1) is 6.54 Å². The van der Waals surface area contributed by atoms with Gasteiger partial charge in [0, 0.05) is 28.6 Å². The van der Waals surface area contributed by atoms with E-state index in [0.29, 0.717) is 18.0 Å². The first-order valence-corrected chi connectivity index (χ1v) is 8.46. The van der Waals surface area contributed by atoms with Crippen LogP contribution < -0.4 is 0 Å². The fourth-order valence-electron chi connectivity index (χ4n) is 3.84. The van der Waals surface area contributed by atoms with Crippen LogP contribution in [0.4, 0.5) is 0 Å². The van der Waals surface area contributed by atoms with Crippen molar-refractivity contribution in [2.75, 3.05) is 0 Å². The first kappa shape index (κ1) is 16.8. The van der Waals surface area contributed by atoms with Crippen LogP contribution in [0.15, 0.2) is 47.7 Å². The maximum atomic E-state index is 12.6. The number of amides is 1. The molecule has 0 saturated carbocycles. The number of aliphatic carboxylic acids is 1. The summed E-state index contributed by atoms with van der Waals surface area (Å²) in [7, 11) is 0. The number of fused-ring (bicyclic) bond motifs is 1. The van der Waals surface area contributed by atoms with Crippen molar-refractivity contribution in [3.63, 3.8) is 0 Å². The standard InChI is InChI=1S/C19H20ClNO3/c1-19-9-3-5-14(7-8-17(23)24)18(19)21(16(22)11-19)12-13-4-2-6-15(20)10-13/h2,4,6-8,10H,3,5,9,11-12H2,1H3,(H,23,24)/b8-7+. The summed E-state index contributed by atoms with van der Waals surface area (Å²) < 4.78 is 0. The number of allylic oxidation sites excluding steroid dienone is 3. The number of carboxylic acids is 1. The van der Waals surface area contributed by atoms with Gasteiger partial charge in [0.1, 0.15) is 0 Å². The lowest BCUT2D eigenvalue weighted by Crippen LogP contribution is -2.28. The molecule has 1 N–H and O–H groups in total. The normalized spacial score (nSPS) is 23.9. The Morgan fingerprint density at radius 3 is 2.96 bits per heavy atom. The number of hydrogen-bond acceptors (Lipinski definition) is 2. The number of benzene rings is 1. The highest BCUT2D eigenvalue weighted by Crippen LogP contribution is 2.50. The van der Waals surface area contributed by atoms with Crippen molar-refractivity contribution >= 4 is 23.5 Å². The summed E-state index contributed by atoms with van der Waals surface area (Å²) in [6.07, 6.45) is 6.01. The molecule has 5 heteroatoms. The molecule has 1 fully saturated rings. The molecule has 0 radical (unpaired) electrons. The summed E-state index contributed by atoms with van der Waals surface area (Å²) in [5, 5.41) is 9.57. The number of carboxylic acid groups (broad SMARTS) is 1. The minimum atomic E-state index is -0.971. The molecule has 126 valence electrons. The molecule has 2 aliphatic rings. The lowest BCUT2D eigenvalue weighted by Gasteiger charge is -2.34. The molecule has 3 rings (SSSR count). The number of likely N-dealkylation sites (tertiary alicyclic amines) is 1. The largest absolute Gasteiger partial charge is 0.478 e. The maximum absolute atomic E-state index is 12.6. The Bertz CT molecular complexity index is 753. The van der Waals surface area contributed by atoms with Crippen LogP contribution in [-0.4, -0.2) is 21.9 Å². The van der Waals surface area contributed by atoms with E-state index in [9.17, 15) is 9.59 Å². The Labute approximate surface area is 146 Å². The van der Waals surface area contributed by atoms with Crippen molar-refractivity contribution in [3.05, 3.63) is 58.3 Å². The van der Waals surface area contributed by atoms with E-state index in [1.54, 1.807) is 6.08 Å². The minimum Gasteiger partial charge on any atom is -0.478 e. The van der Waals surface area contributed by atoms with Crippen LogP contribution in [0.25, 0.3) is 0 Å². The van der Waals surface area contributed by atoms with Gasteiger partial charge in [-0.3, -0.25) is 4.79 Å². The predicted molar refractivity (Wildman–Crippen MR) is 92.4 cm³/mol. The van der Waals surface area contributed by atoms with Crippen LogP contribution in [0, 0.1) is 5.41 Å².